The van der Waals surface area contributed by atoms with Crippen LogP contribution in [0.25, 0.3) is 17.2 Å². The molecule has 0 atom stereocenters. The van der Waals surface area contributed by atoms with Crippen molar-refractivity contribution in [2.75, 3.05) is 0 Å². The van der Waals surface area contributed by atoms with E-state index in [1.807, 2.05) is 30.3 Å². The maximum Gasteiger partial charge on any atom is 0.269 e. The second-order valence-corrected chi connectivity index (χ2v) is 6.25. The molecule has 0 fully saturated rings. The van der Waals surface area contributed by atoms with Crippen molar-refractivity contribution in [1.82, 2.24) is 0 Å². The quantitative estimate of drug-likeness (QED) is 0.225. The molecule has 0 saturated heterocycles. The summed E-state index contributed by atoms with van der Waals surface area (Å²) >= 11 is 0. The molecule has 1 aliphatic rings. The average Bonchev–Trinajstić information content (AvgIpc) is 3.04. The summed E-state index contributed by atoms with van der Waals surface area (Å²) < 4.78 is 0. The van der Waals surface area contributed by atoms with Crippen LogP contribution in [0.5, 0.6) is 0 Å². The van der Waals surface area contributed by atoms with E-state index in [1.54, 1.807) is 18.2 Å². The number of benzene rings is 3. The first-order valence-electron chi connectivity index (χ1n) is 8.30. The van der Waals surface area contributed by atoms with Crippen LogP contribution in [-0.2, 0) is 6.42 Å². The molecule has 0 aromatic heterocycles. The van der Waals surface area contributed by atoms with Crippen LogP contribution in [0, 0.1) is 10.1 Å². The smallest absolute Gasteiger partial charge is 0.269 e. The molecule has 4 heteroatoms. The minimum absolute atomic E-state index is 0.0339. The van der Waals surface area contributed by atoms with Crippen LogP contribution >= 0.6 is 0 Å². The van der Waals surface area contributed by atoms with Gasteiger partial charge in [-0.25, -0.2) is 0 Å². The number of carbonyl (C=O) groups is 1. The van der Waals surface area contributed by atoms with E-state index < -0.39 is 4.92 Å². The number of hydrogen-bond donors (Lipinski definition) is 0. The number of non-ortho nitro benzene ring substituents is 1. The fourth-order valence-corrected chi connectivity index (χ4v) is 3.27. The predicted octanol–water partition coefficient (Wildman–Crippen LogP) is 5.06. The molecule has 3 aromatic carbocycles. The molecule has 3 aromatic rings. The number of nitro benzene ring substituents is 1. The van der Waals surface area contributed by atoms with Crippen LogP contribution in [0.3, 0.4) is 0 Å². The topological polar surface area (TPSA) is 60.2 Å². The normalized spacial score (nSPS) is 12.0. The summed E-state index contributed by atoms with van der Waals surface area (Å²) in [5, 5.41) is 10.7. The number of hydrogen-bond acceptors (Lipinski definition) is 3. The standard InChI is InChI=1S/C22H15NO3/c24-22(12-7-15-5-9-19(10-6-15)23(25)26)17-8-11-21-18(14-17)13-16-3-1-2-4-20(16)21/h1-12,14H,13H2. The molecule has 0 N–H and O–H groups in total. The molecule has 1 aliphatic carbocycles. The van der Waals surface area contributed by atoms with Crippen LogP contribution < -0.4 is 0 Å². The van der Waals surface area contributed by atoms with Gasteiger partial charge in [0.15, 0.2) is 5.78 Å². The third-order valence-electron chi connectivity index (χ3n) is 4.61. The van der Waals surface area contributed by atoms with Crippen LogP contribution in [0.15, 0.2) is 72.8 Å². The number of allylic oxidation sites excluding steroid dienone is 1. The molecule has 0 bridgehead atoms. The maximum absolute atomic E-state index is 12.5. The molecular formula is C22H15NO3. The zero-order valence-corrected chi connectivity index (χ0v) is 13.9. The highest BCUT2D eigenvalue weighted by molar-refractivity contribution is 6.07. The van der Waals surface area contributed by atoms with Gasteiger partial charge in [-0.3, -0.25) is 14.9 Å². The van der Waals surface area contributed by atoms with E-state index in [1.165, 1.54) is 40.5 Å². The summed E-state index contributed by atoms with van der Waals surface area (Å²) in [7, 11) is 0. The van der Waals surface area contributed by atoms with Crippen molar-refractivity contribution in [1.29, 1.82) is 0 Å². The summed E-state index contributed by atoms with van der Waals surface area (Å²) in [5.74, 6) is -0.0814. The number of carbonyl (C=O) groups excluding carboxylic acids is 1. The summed E-state index contributed by atoms with van der Waals surface area (Å²) in [6.45, 7) is 0. The maximum atomic E-state index is 12.5. The van der Waals surface area contributed by atoms with E-state index in [9.17, 15) is 14.9 Å². The van der Waals surface area contributed by atoms with E-state index in [0.29, 0.717) is 5.56 Å². The Morgan fingerprint density at radius 3 is 2.42 bits per heavy atom. The Hall–Kier alpha value is -3.53. The minimum Gasteiger partial charge on any atom is -0.289 e. The lowest BCUT2D eigenvalue weighted by molar-refractivity contribution is -0.384. The van der Waals surface area contributed by atoms with Crippen LogP contribution in [0.1, 0.15) is 27.0 Å². The number of nitrogens with zero attached hydrogens (tertiary/aromatic N) is 1. The molecule has 126 valence electrons. The van der Waals surface area contributed by atoms with Crippen molar-refractivity contribution < 1.29 is 9.72 Å². The van der Waals surface area contributed by atoms with Crippen molar-refractivity contribution >= 4 is 17.5 Å². The lowest BCUT2D eigenvalue weighted by Gasteiger charge is -2.03. The lowest BCUT2D eigenvalue weighted by Crippen LogP contribution is -1.95. The van der Waals surface area contributed by atoms with E-state index in [0.717, 1.165) is 12.0 Å². The molecule has 0 radical (unpaired) electrons. The molecule has 4 rings (SSSR count). The Balaban J connectivity index is 1.54. The van der Waals surface area contributed by atoms with Gasteiger partial charge in [-0.1, -0.05) is 42.5 Å². The van der Waals surface area contributed by atoms with E-state index >= 15 is 0 Å². The number of ketones is 1. The van der Waals surface area contributed by atoms with E-state index in [4.69, 9.17) is 0 Å². The van der Waals surface area contributed by atoms with Gasteiger partial charge in [-0.15, -0.1) is 0 Å². The first kappa shape index (κ1) is 16.0. The highest BCUT2D eigenvalue weighted by Gasteiger charge is 2.18. The lowest BCUT2D eigenvalue weighted by atomic mass is 10.0. The molecule has 0 heterocycles. The van der Waals surface area contributed by atoms with Crippen molar-refractivity contribution in [2.45, 2.75) is 6.42 Å². The Labute approximate surface area is 150 Å². The van der Waals surface area contributed by atoms with Gasteiger partial charge in [0, 0.05) is 17.7 Å². The first-order valence-corrected chi connectivity index (χ1v) is 8.30. The Kier molecular flexibility index (Phi) is 3.93. The molecule has 0 spiro atoms. The molecule has 0 amide bonds. The van der Waals surface area contributed by atoms with Gasteiger partial charge in [0.05, 0.1) is 4.92 Å². The minimum atomic E-state index is -0.443. The summed E-state index contributed by atoms with van der Waals surface area (Å²) in [6.07, 6.45) is 4.03. The summed E-state index contributed by atoms with van der Waals surface area (Å²) in [4.78, 5) is 22.7. The van der Waals surface area contributed by atoms with E-state index in [2.05, 4.69) is 12.1 Å². The Morgan fingerprint density at radius 2 is 1.65 bits per heavy atom. The van der Waals surface area contributed by atoms with Gasteiger partial charge in [-0.05, 0) is 58.5 Å². The molecule has 26 heavy (non-hydrogen) atoms. The fourth-order valence-electron chi connectivity index (χ4n) is 3.27. The molecule has 0 aliphatic heterocycles. The Morgan fingerprint density at radius 1 is 0.923 bits per heavy atom. The largest absolute Gasteiger partial charge is 0.289 e. The fraction of sp³-hybridized carbons (Fsp3) is 0.0455. The van der Waals surface area contributed by atoms with Gasteiger partial charge in [0.2, 0.25) is 0 Å². The number of fused-ring (bicyclic) bond motifs is 3. The predicted molar refractivity (Wildman–Crippen MR) is 101 cm³/mol. The first-order chi connectivity index (χ1) is 12.6. The zero-order valence-electron chi connectivity index (χ0n) is 13.9. The van der Waals surface area contributed by atoms with Gasteiger partial charge >= 0.3 is 0 Å². The second-order valence-electron chi connectivity index (χ2n) is 6.25. The second kappa shape index (κ2) is 6.41. The Bertz CT molecular complexity index is 1050. The van der Waals surface area contributed by atoms with Gasteiger partial charge in [0.25, 0.3) is 5.69 Å². The molecule has 4 nitrogen and oxygen atoms in total. The van der Waals surface area contributed by atoms with Gasteiger partial charge in [0.1, 0.15) is 0 Å². The van der Waals surface area contributed by atoms with Gasteiger partial charge < -0.3 is 0 Å². The number of rotatable bonds is 4. The van der Waals surface area contributed by atoms with Crippen molar-refractivity contribution in [3.05, 3.63) is 105 Å². The van der Waals surface area contributed by atoms with Crippen molar-refractivity contribution in [3.8, 4) is 11.1 Å². The molecular weight excluding hydrogens is 326 g/mol. The van der Waals surface area contributed by atoms with Crippen molar-refractivity contribution in [2.24, 2.45) is 0 Å². The van der Waals surface area contributed by atoms with Crippen molar-refractivity contribution in [3.63, 3.8) is 0 Å². The average molecular weight is 341 g/mol. The third kappa shape index (κ3) is 2.93. The van der Waals surface area contributed by atoms with Crippen LogP contribution in [0.2, 0.25) is 0 Å². The third-order valence-corrected chi connectivity index (χ3v) is 4.61. The van der Waals surface area contributed by atoms with Gasteiger partial charge in [-0.2, -0.15) is 0 Å². The number of nitro groups is 1. The summed E-state index contributed by atoms with van der Waals surface area (Å²) in [6, 6.07) is 20.2. The summed E-state index contributed by atoms with van der Waals surface area (Å²) in [5.41, 5.74) is 6.31. The SMILES string of the molecule is O=C(C=Cc1ccc([N+](=O)[O-])cc1)c1ccc2c(c1)Cc1ccccc1-2. The monoisotopic (exact) mass is 341 g/mol. The van der Waals surface area contributed by atoms with E-state index in [-0.39, 0.29) is 11.5 Å². The zero-order chi connectivity index (χ0) is 18.1. The highest BCUT2D eigenvalue weighted by Crippen LogP contribution is 2.36. The highest BCUT2D eigenvalue weighted by atomic mass is 16.6. The van der Waals surface area contributed by atoms with Crippen LogP contribution in [-0.4, -0.2) is 10.7 Å². The molecule has 0 unspecified atom stereocenters. The van der Waals surface area contributed by atoms with Crippen LogP contribution in [0.4, 0.5) is 5.69 Å². The molecule has 0 saturated carbocycles.